The highest BCUT2D eigenvalue weighted by atomic mass is 16.4. The van der Waals surface area contributed by atoms with Gasteiger partial charge in [0.1, 0.15) is 6.04 Å². The molecule has 0 unspecified atom stereocenters. The van der Waals surface area contributed by atoms with Crippen LogP contribution in [0.15, 0.2) is 48.7 Å². The summed E-state index contributed by atoms with van der Waals surface area (Å²) in [5, 5.41) is 9.65. The van der Waals surface area contributed by atoms with Gasteiger partial charge in [-0.3, -0.25) is 14.6 Å². The first-order valence-corrected chi connectivity index (χ1v) is 9.30. The summed E-state index contributed by atoms with van der Waals surface area (Å²) in [6, 6.07) is 12.2. The number of carboxylic acids is 1. The lowest BCUT2D eigenvalue weighted by molar-refractivity contribution is -0.153. The van der Waals surface area contributed by atoms with E-state index in [-0.39, 0.29) is 31.2 Å². The van der Waals surface area contributed by atoms with Gasteiger partial charge >= 0.3 is 5.97 Å². The molecule has 2 aliphatic rings. The van der Waals surface area contributed by atoms with Crippen molar-refractivity contribution in [1.82, 2.24) is 14.8 Å². The fourth-order valence-corrected chi connectivity index (χ4v) is 3.99. The Hall–Kier alpha value is -3.22. The lowest BCUT2D eigenvalue weighted by Crippen LogP contribution is -2.51. The molecular formula is C21H21N3O4. The molecule has 1 saturated heterocycles. The average Bonchev–Trinajstić information content (AvgIpc) is 3.07. The number of aliphatic carboxylic acids is 1. The van der Waals surface area contributed by atoms with Gasteiger partial charge in [0.15, 0.2) is 0 Å². The Balaban J connectivity index is 1.50. The second-order valence-corrected chi connectivity index (χ2v) is 7.29. The van der Waals surface area contributed by atoms with E-state index in [1.165, 1.54) is 4.90 Å². The van der Waals surface area contributed by atoms with Gasteiger partial charge in [0.25, 0.3) is 0 Å². The minimum absolute atomic E-state index is 0.103. The van der Waals surface area contributed by atoms with Gasteiger partial charge in [-0.1, -0.05) is 30.3 Å². The number of nitrogens with zero attached hydrogens (tertiary/aromatic N) is 3. The van der Waals surface area contributed by atoms with Crippen molar-refractivity contribution in [3.8, 4) is 0 Å². The average molecular weight is 379 g/mol. The molecule has 2 aliphatic heterocycles. The van der Waals surface area contributed by atoms with Crippen molar-refractivity contribution in [2.75, 3.05) is 6.54 Å². The molecule has 1 fully saturated rings. The zero-order valence-electron chi connectivity index (χ0n) is 15.3. The summed E-state index contributed by atoms with van der Waals surface area (Å²) >= 11 is 0. The molecule has 0 bridgehead atoms. The summed E-state index contributed by atoms with van der Waals surface area (Å²) in [6.07, 6.45) is 2.06. The standard InChI is InChI=1S/C21H21N3O4/c25-19-10-16(11-23(19)13-17-7-3-4-8-22-17)20(26)24-12-15-6-2-1-5-14(15)9-18(24)21(27)28/h1-8,16,18H,9-13H2,(H,27,28)/t16-,18+/m1/s1. The third-order valence-corrected chi connectivity index (χ3v) is 5.46. The van der Waals surface area contributed by atoms with E-state index in [2.05, 4.69) is 4.98 Å². The fraction of sp³-hybridized carbons (Fsp3) is 0.333. The Kier molecular flexibility index (Phi) is 4.81. The van der Waals surface area contributed by atoms with Gasteiger partial charge in [0.05, 0.1) is 18.2 Å². The van der Waals surface area contributed by atoms with E-state index in [1.807, 2.05) is 42.5 Å². The van der Waals surface area contributed by atoms with Crippen LogP contribution < -0.4 is 0 Å². The summed E-state index contributed by atoms with van der Waals surface area (Å²) in [6.45, 7) is 0.907. The van der Waals surface area contributed by atoms with Crippen LogP contribution in [0.1, 0.15) is 23.2 Å². The highest BCUT2D eigenvalue weighted by Gasteiger charge is 2.41. The van der Waals surface area contributed by atoms with Gasteiger partial charge < -0.3 is 14.9 Å². The van der Waals surface area contributed by atoms with Crippen molar-refractivity contribution in [2.24, 2.45) is 5.92 Å². The quantitative estimate of drug-likeness (QED) is 0.869. The molecule has 0 spiro atoms. The Bertz CT molecular complexity index is 915. The van der Waals surface area contributed by atoms with E-state index >= 15 is 0 Å². The summed E-state index contributed by atoms with van der Waals surface area (Å²) in [7, 11) is 0. The minimum Gasteiger partial charge on any atom is -0.480 e. The number of carbonyl (C=O) groups excluding carboxylic acids is 2. The van der Waals surface area contributed by atoms with Gasteiger partial charge in [-0.2, -0.15) is 0 Å². The third-order valence-electron chi connectivity index (χ3n) is 5.46. The van der Waals surface area contributed by atoms with E-state index in [0.717, 1.165) is 16.8 Å². The largest absolute Gasteiger partial charge is 0.480 e. The van der Waals surface area contributed by atoms with Gasteiger partial charge in [0, 0.05) is 32.1 Å². The summed E-state index contributed by atoms with van der Waals surface area (Å²) in [5.74, 6) is -1.91. The molecule has 28 heavy (non-hydrogen) atoms. The molecule has 7 heteroatoms. The molecule has 1 aromatic carbocycles. The predicted octanol–water partition coefficient (Wildman–Crippen LogP) is 1.47. The van der Waals surface area contributed by atoms with Crippen molar-refractivity contribution >= 4 is 17.8 Å². The number of pyridine rings is 1. The first-order valence-electron chi connectivity index (χ1n) is 9.30. The molecule has 2 atom stereocenters. The normalized spacial score (nSPS) is 21.5. The molecule has 0 radical (unpaired) electrons. The Morgan fingerprint density at radius 1 is 1.07 bits per heavy atom. The molecule has 7 nitrogen and oxygen atoms in total. The van der Waals surface area contributed by atoms with Crippen LogP contribution in [0.4, 0.5) is 0 Å². The lowest BCUT2D eigenvalue weighted by atomic mass is 9.92. The summed E-state index contributed by atoms with van der Waals surface area (Å²) in [5.41, 5.74) is 2.68. The first-order chi connectivity index (χ1) is 13.5. The number of aromatic nitrogens is 1. The SMILES string of the molecule is O=C(O)[C@@H]1Cc2ccccc2CN1C(=O)[C@@H]1CC(=O)N(Cc2ccccn2)C1. The van der Waals surface area contributed by atoms with Crippen LogP contribution in [0.25, 0.3) is 0 Å². The smallest absolute Gasteiger partial charge is 0.326 e. The monoisotopic (exact) mass is 379 g/mol. The van der Waals surface area contributed by atoms with E-state index in [4.69, 9.17) is 0 Å². The van der Waals surface area contributed by atoms with E-state index in [1.54, 1.807) is 11.1 Å². The molecule has 2 amide bonds. The topological polar surface area (TPSA) is 90.8 Å². The number of benzene rings is 1. The Morgan fingerprint density at radius 3 is 2.54 bits per heavy atom. The van der Waals surface area contributed by atoms with Crippen LogP contribution in [-0.4, -0.2) is 50.3 Å². The fourth-order valence-electron chi connectivity index (χ4n) is 3.99. The van der Waals surface area contributed by atoms with Crippen molar-refractivity contribution < 1.29 is 19.5 Å². The molecule has 2 aromatic rings. The zero-order valence-corrected chi connectivity index (χ0v) is 15.3. The molecule has 4 rings (SSSR count). The number of hydrogen-bond acceptors (Lipinski definition) is 4. The first kappa shape index (κ1) is 18.2. The van der Waals surface area contributed by atoms with Crippen LogP contribution in [0.5, 0.6) is 0 Å². The van der Waals surface area contributed by atoms with Crippen LogP contribution in [0.2, 0.25) is 0 Å². The van der Waals surface area contributed by atoms with Crippen molar-refractivity contribution in [1.29, 1.82) is 0 Å². The molecular weight excluding hydrogens is 358 g/mol. The molecule has 1 N–H and O–H groups in total. The lowest BCUT2D eigenvalue weighted by Gasteiger charge is -2.35. The van der Waals surface area contributed by atoms with E-state index < -0.39 is 17.9 Å². The van der Waals surface area contributed by atoms with Gasteiger partial charge in [-0.15, -0.1) is 0 Å². The molecule has 3 heterocycles. The minimum atomic E-state index is -1.02. The van der Waals surface area contributed by atoms with Crippen LogP contribution in [0.3, 0.4) is 0 Å². The van der Waals surface area contributed by atoms with Gasteiger partial charge in [0.2, 0.25) is 11.8 Å². The number of rotatable bonds is 4. The van der Waals surface area contributed by atoms with Gasteiger partial charge in [-0.05, 0) is 23.3 Å². The van der Waals surface area contributed by atoms with Crippen LogP contribution in [0, 0.1) is 5.92 Å². The van der Waals surface area contributed by atoms with E-state index in [0.29, 0.717) is 13.1 Å². The third kappa shape index (κ3) is 3.47. The molecule has 0 saturated carbocycles. The number of fused-ring (bicyclic) bond motifs is 1. The van der Waals surface area contributed by atoms with Crippen LogP contribution in [-0.2, 0) is 33.9 Å². The second kappa shape index (κ2) is 7.42. The second-order valence-electron chi connectivity index (χ2n) is 7.29. The number of likely N-dealkylation sites (tertiary alicyclic amines) is 1. The van der Waals surface area contributed by atoms with Crippen molar-refractivity contribution in [3.63, 3.8) is 0 Å². The Labute approximate surface area is 162 Å². The maximum Gasteiger partial charge on any atom is 0.326 e. The van der Waals surface area contributed by atoms with E-state index in [9.17, 15) is 19.5 Å². The zero-order chi connectivity index (χ0) is 19.7. The van der Waals surface area contributed by atoms with Crippen molar-refractivity contribution in [3.05, 3.63) is 65.5 Å². The summed E-state index contributed by atoms with van der Waals surface area (Å²) < 4.78 is 0. The number of carbonyl (C=O) groups is 3. The highest BCUT2D eigenvalue weighted by molar-refractivity contribution is 5.91. The maximum absolute atomic E-state index is 13.1. The summed E-state index contributed by atoms with van der Waals surface area (Å²) in [4.78, 5) is 44.6. The predicted molar refractivity (Wildman–Crippen MR) is 99.9 cm³/mol. The number of carboxylic acid groups (broad SMARTS) is 1. The van der Waals surface area contributed by atoms with Crippen LogP contribution >= 0.6 is 0 Å². The van der Waals surface area contributed by atoms with Gasteiger partial charge in [-0.25, -0.2) is 4.79 Å². The number of amides is 2. The molecule has 1 aromatic heterocycles. The number of hydrogen-bond donors (Lipinski definition) is 1. The molecule has 144 valence electrons. The highest BCUT2D eigenvalue weighted by Crippen LogP contribution is 2.28. The van der Waals surface area contributed by atoms with Crippen molar-refractivity contribution in [2.45, 2.75) is 32.0 Å². The Morgan fingerprint density at radius 2 is 1.82 bits per heavy atom. The maximum atomic E-state index is 13.1. The molecule has 0 aliphatic carbocycles.